The summed E-state index contributed by atoms with van der Waals surface area (Å²) in [7, 11) is 0. The second kappa shape index (κ2) is 9.63. The van der Waals surface area contributed by atoms with Crippen LogP contribution in [0.4, 0.5) is 5.69 Å². The van der Waals surface area contributed by atoms with E-state index in [1.165, 1.54) is 4.90 Å². The molecule has 0 bridgehead atoms. The Morgan fingerprint density at radius 1 is 1.20 bits per heavy atom. The van der Waals surface area contributed by atoms with Crippen molar-refractivity contribution in [2.75, 3.05) is 4.90 Å². The average molecular weight is 431 g/mol. The Bertz CT molecular complexity index is 949. The van der Waals surface area contributed by atoms with Crippen LogP contribution in [0.2, 0.25) is 5.02 Å². The first-order chi connectivity index (χ1) is 14.4. The van der Waals surface area contributed by atoms with E-state index in [4.69, 9.17) is 16.7 Å². The number of hydrogen-bond donors (Lipinski definition) is 2. The summed E-state index contributed by atoms with van der Waals surface area (Å²) in [6.45, 7) is 0.257. The van der Waals surface area contributed by atoms with Crippen LogP contribution in [0, 0.1) is 0 Å². The average Bonchev–Trinajstić information content (AvgIpc) is 3.07. The number of phenolic OH excluding ortho intramolecular Hbond substituents is 1. The number of anilines is 1. The lowest BCUT2D eigenvalue weighted by Crippen LogP contribution is -2.45. The number of amides is 2. The Balaban J connectivity index is 1.85. The summed E-state index contributed by atoms with van der Waals surface area (Å²) < 4.78 is 0. The maximum absolute atomic E-state index is 12.5. The number of carbonyl (C=O) groups is 3. The molecule has 1 aliphatic heterocycles. The van der Waals surface area contributed by atoms with E-state index in [0.29, 0.717) is 48.4 Å². The van der Waals surface area contributed by atoms with E-state index in [2.05, 4.69) is 0 Å². The molecule has 1 unspecified atom stereocenters. The highest BCUT2D eigenvalue weighted by atomic mass is 35.5. The molecule has 1 saturated heterocycles. The highest BCUT2D eigenvalue weighted by molar-refractivity contribution is 6.31. The van der Waals surface area contributed by atoms with Gasteiger partial charge in [-0.2, -0.15) is 0 Å². The van der Waals surface area contributed by atoms with Crippen molar-refractivity contribution < 1.29 is 24.6 Å². The molecule has 0 aliphatic carbocycles. The van der Waals surface area contributed by atoms with Crippen molar-refractivity contribution >= 4 is 35.6 Å². The summed E-state index contributed by atoms with van der Waals surface area (Å²) in [5, 5.41) is 20.1. The van der Waals surface area contributed by atoms with Crippen molar-refractivity contribution in [2.45, 2.75) is 44.8 Å². The number of aromatic hydroxyl groups is 1. The Labute approximate surface area is 179 Å². The lowest BCUT2D eigenvalue weighted by molar-refractivity contribution is -0.137. The number of carbonyl (C=O) groups excluding carboxylic acids is 2. The van der Waals surface area contributed by atoms with E-state index < -0.39 is 12.1 Å². The van der Waals surface area contributed by atoms with Crippen molar-refractivity contribution in [2.24, 2.45) is 0 Å². The van der Waals surface area contributed by atoms with Gasteiger partial charge in [-0.05, 0) is 42.5 Å². The molecule has 30 heavy (non-hydrogen) atoms. The number of halogens is 1. The number of benzene rings is 2. The highest BCUT2D eigenvalue weighted by Crippen LogP contribution is 2.36. The Morgan fingerprint density at radius 3 is 2.63 bits per heavy atom. The molecule has 2 N–H and O–H groups in total. The van der Waals surface area contributed by atoms with Crippen LogP contribution in [0.25, 0.3) is 0 Å². The van der Waals surface area contributed by atoms with Crippen LogP contribution in [-0.4, -0.2) is 39.6 Å². The fraction of sp³-hybridized carbons (Fsp3) is 0.318. The molecule has 2 amide bonds. The van der Waals surface area contributed by atoms with Gasteiger partial charge in [0.25, 0.3) is 0 Å². The molecule has 2 aromatic rings. The van der Waals surface area contributed by atoms with E-state index in [1.54, 1.807) is 35.2 Å². The number of aliphatic carboxylic acids is 1. The Hall–Kier alpha value is -3.06. The molecule has 0 spiro atoms. The Kier molecular flexibility index (Phi) is 6.95. The van der Waals surface area contributed by atoms with Gasteiger partial charge in [0.2, 0.25) is 12.3 Å². The third-order valence-corrected chi connectivity index (χ3v) is 5.61. The molecule has 1 atom stereocenters. The molecule has 3 rings (SSSR count). The second-order valence-electron chi connectivity index (χ2n) is 7.18. The normalized spacial score (nSPS) is 16.0. The SMILES string of the molecule is O=CN(c1cccc(CCCC(=O)O)c1O)C1CCC(=O)N1Cc1ccccc1Cl. The van der Waals surface area contributed by atoms with Crippen LogP contribution >= 0.6 is 11.6 Å². The molecule has 0 saturated carbocycles. The lowest BCUT2D eigenvalue weighted by atomic mass is 10.1. The van der Waals surface area contributed by atoms with Crippen LogP contribution in [-0.2, 0) is 27.3 Å². The maximum atomic E-state index is 12.5. The minimum absolute atomic E-state index is 0.0101. The van der Waals surface area contributed by atoms with Crippen LogP contribution < -0.4 is 4.90 Å². The summed E-state index contributed by atoms with van der Waals surface area (Å²) in [5.74, 6) is -1.07. The van der Waals surface area contributed by atoms with Gasteiger partial charge in [0.1, 0.15) is 11.9 Å². The van der Waals surface area contributed by atoms with Crippen molar-refractivity contribution in [3.8, 4) is 5.75 Å². The Morgan fingerprint density at radius 2 is 1.93 bits per heavy atom. The lowest BCUT2D eigenvalue weighted by Gasteiger charge is -2.33. The van der Waals surface area contributed by atoms with E-state index >= 15 is 0 Å². The number of nitrogens with zero attached hydrogens (tertiary/aromatic N) is 2. The zero-order chi connectivity index (χ0) is 21.7. The molecule has 2 aromatic carbocycles. The quantitative estimate of drug-likeness (QED) is 0.592. The third-order valence-electron chi connectivity index (χ3n) is 5.24. The summed E-state index contributed by atoms with van der Waals surface area (Å²) in [6.07, 6.45) is 1.51. The van der Waals surface area contributed by atoms with Crippen molar-refractivity contribution in [3.05, 3.63) is 58.6 Å². The largest absolute Gasteiger partial charge is 0.505 e. The van der Waals surface area contributed by atoms with Gasteiger partial charge in [0.15, 0.2) is 0 Å². The van der Waals surface area contributed by atoms with E-state index in [1.807, 2.05) is 12.1 Å². The molecular weight excluding hydrogens is 408 g/mol. The number of likely N-dealkylation sites (tertiary alicyclic amines) is 1. The zero-order valence-electron chi connectivity index (χ0n) is 16.3. The van der Waals surface area contributed by atoms with Gasteiger partial charge < -0.3 is 15.1 Å². The van der Waals surface area contributed by atoms with Crippen LogP contribution in [0.1, 0.15) is 36.8 Å². The number of aryl methyl sites for hydroxylation is 1. The van der Waals surface area contributed by atoms with Gasteiger partial charge >= 0.3 is 5.97 Å². The number of hydrogen-bond acceptors (Lipinski definition) is 4. The highest BCUT2D eigenvalue weighted by Gasteiger charge is 2.36. The van der Waals surface area contributed by atoms with E-state index in [0.717, 1.165) is 5.56 Å². The van der Waals surface area contributed by atoms with E-state index in [-0.39, 0.29) is 24.6 Å². The summed E-state index contributed by atoms with van der Waals surface area (Å²) in [4.78, 5) is 38.2. The second-order valence-corrected chi connectivity index (χ2v) is 7.58. The summed E-state index contributed by atoms with van der Waals surface area (Å²) in [6, 6.07) is 12.2. The zero-order valence-corrected chi connectivity index (χ0v) is 17.1. The molecule has 1 aliphatic rings. The first-order valence-electron chi connectivity index (χ1n) is 9.71. The monoisotopic (exact) mass is 430 g/mol. The minimum atomic E-state index is -0.903. The number of phenols is 1. The smallest absolute Gasteiger partial charge is 0.303 e. The van der Waals surface area contributed by atoms with Gasteiger partial charge in [-0.1, -0.05) is 41.9 Å². The third kappa shape index (κ3) is 4.74. The summed E-state index contributed by atoms with van der Waals surface area (Å²) >= 11 is 6.24. The fourth-order valence-electron chi connectivity index (χ4n) is 3.72. The van der Waals surface area contributed by atoms with Crippen molar-refractivity contribution in [3.63, 3.8) is 0 Å². The van der Waals surface area contributed by atoms with E-state index in [9.17, 15) is 19.5 Å². The van der Waals surface area contributed by atoms with Crippen LogP contribution in [0.5, 0.6) is 5.75 Å². The molecule has 1 heterocycles. The van der Waals surface area contributed by atoms with Crippen molar-refractivity contribution in [1.29, 1.82) is 0 Å². The van der Waals surface area contributed by atoms with Gasteiger partial charge in [0, 0.05) is 24.4 Å². The molecule has 8 heteroatoms. The summed E-state index contributed by atoms with van der Waals surface area (Å²) in [5.41, 5.74) is 1.63. The van der Waals surface area contributed by atoms with Crippen molar-refractivity contribution in [1.82, 2.24) is 4.90 Å². The molecule has 158 valence electrons. The number of rotatable bonds is 9. The number of carboxylic acids is 1. The van der Waals surface area contributed by atoms with Gasteiger partial charge in [-0.25, -0.2) is 0 Å². The van der Waals surface area contributed by atoms with Gasteiger partial charge in [0.05, 0.1) is 5.69 Å². The van der Waals surface area contributed by atoms with Gasteiger partial charge in [-0.15, -0.1) is 0 Å². The predicted octanol–water partition coefficient (Wildman–Crippen LogP) is 3.56. The molecule has 0 radical (unpaired) electrons. The number of para-hydroxylation sites is 1. The first kappa shape index (κ1) is 21.6. The molecule has 0 aromatic heterocycles. The first-order valence-corrected chi connectivity index (χ1v) is 10.1. The fourth-order valence-corrected chi connectivity index (χ4v) is 3.91. The van der Waals surface area contributed by atoms with Crippen LogP contribution in [0.15, 0.2) is 42.5 Å². The standard InChI is InChI=1S/C22H23ClN2O5/c23-17-8-2-1-5-16(17)13-24-19(11-12-20(24)27)25(14-26)18-9-3-6-15(22(18)30)7-4-10-21(28)29/h1-3,5-6,8-9,14,19,30H,4,7,10-13H2,(H,28,29). The minimum Gasteiger partial charge on any atom is -0.505 e. The number of carboxylic acid groups (broad SMARTS) is 1. The van der Waals surface area contributed by atoms with Crippen LogP contribution in [0.3, 0.4) is 0 Å². The van der Waals surface area contributed by atoms with Gasteiger partial charge in [-0.3, -0.25) is 19.3 Å². The molecule has 1 fully saturated rings. The molecular formula is C22H23ClN2O5. The molecule has 7 nitrogen and oxygen atoms in total. The predicted molar refractivity (Wildman–Crippen MR) is 112 cm³/mol. The topological polar surface area (TPSA) is 98.1 Å². The maximum Gasteiger partial charge on any atom is 0.303 e.